The largest absolute Gasteiger partial charge is 0.353 e. The van der Waals surface area contributed by atoms with Crippen molar-refractivity contribution in [3.8, 4) is 0 Å². The Morgan fingerprint density at radius 2 is 1.90 bits per heavy atom. The van der Waals surface area contributed by atoms with Gasteiger partial charge in [0.25, 0.3) is 5.91 Å². The molecule has 8 nitrogen and oxygen atoms in total. The maximum Gasteiger partial charge on any atom is 0.322 e. The van der Waals surface area contributed by atoms with Crippen molar-refractivity contribution in [3.63, 3.8) is 0 Å². The molecule has 0 unspecified atom stereocenters. The summed E-state index contributed by atoms with van der Waals surface area (Å²) in [4.78, 5) is 43.8. The van der Waals surface area contributed by atoms with E-state index in [1.807, 2.05) is 19.0 Å². The third-order valence-electron chi connectivity index (χ3n) is 5.64. The predicted octanol–water partition coefficient (Wildman–Crippen LogP) is 1.59. The monoisotopic (exact) mass is 433 g/mol. The van der Waals surface area contributed by atoms with Crippen molar-refractivity contribution in [2.45, 2.75) is 25.4 Å². The van der Waals surface area contributed by atoms with Gasteiger partial charge in [0, 0.05) is 25.2 Å². The molecule has 1 aromatic carbocycles. The molecule has 0 saturated heterocycles. The molecule has 0 bridgehead atoms. The predicted molar refractivity (Wildman–Crippen MR) is 115 cm³/mol. The number of nitrogens with zero attached hydrogens (tertiary/aromatic N) is 3. The van der Waals surface area contributed by atoms with Gasteiger partial charge in [-0.3, -0.25) is 14.5 Å². The second kappa shape index (κ2) is 8.28. The Kier molecular flexibility index (Phi) is 6.10. The third-order valence-corrected chi connectivity index (χ3v) is 5.89. The number of urea groups is 1. The average Bonchev–Trinajstić information content (AvgIpc) is 3.03. The highest BCUT2D eigenvalue weighted by atomic mass is 35.5. The van der Waals surface area contributed by atoms with Crippen molar-refractivity contribution < 1.29 is 14.4 Å². The molecule has 1 atom stereocenters. The zero-order valence-corrected chi connectivity index (χ0v) is 18.7. The number of amides is 4. The van der Waals surface area contributed by atoms with Gasteiger partial charge in [-0.1, -0.05) is 23.7 Å². The van der Waals surface area contributed by atoms with E-state index in [2.05, 4.69) is 10.6 Å². The number of carbonyl (C=O) groups excluding carboxylic acids is 3. The quantitative estimate of drug-likeness (QED) is 0.713. The lowest BCUT2D eigenvalue weighted by atomic mass is 9.95. The molecule has 9 heteroatoms. The highest BCUT2D eigenvalue weighted by molar-refractivity contribution is 6.30. The molecular weight excluding hydrogens is 406 g/mol. The first-order chi connectivity index (χ1) is 14.0. The molecule has 2 aliphatic rings. The third kappa shape index (κ3) is 4.02. The molecule has 162 valence electrons. The van der Waals surface area contributed by atoms with Crippen molar-refractivity contribution in [3.05, 3.63) is 46.1 Å². The Labute approximate surface area is 181 Å². The summed E-state index contributed by atoms with van der Waals surface area (Å²) in [7, 11) is 5.48. The van der Waals surface area contributed by atoms with Gasteiger partial charge in [0.05, 0.1) is 23.9 Å². The van der Waals surface area contributed by atoms with Crippen LogP contribution in [-0.4, -0.2) is 78.9 Å². The minimum Gasteiger partial charge on any atom is -0.353 e. The number of benzene rings is 1. The first kappa shape index (κ1) is 22.1. The van der Waals surface area contributed by atoms with Gasteiger partial charge in [-0.2, -0.15) is 0 Å². The van der Waals surface area contributed by atoms with Gasteiger partial charge in [-0.15, -0.1) is 0 Å². The van der Waals surface area contributed by atoms with E-state index in [0.29, 0.717) is 29.4 Å². The molecule has 3 rings (SSSR count). The van der Waals surface area contributed by atoms with Crippen molar-refractivity contribution >= 4 is 29.4 Å². The fraction of sp³-hybridized carbons (Fsp3) is 0.476. The number of nitrogens with one attached hydrogen (secondary N) is 2. The van der Waals surface area contributed by atoms with E-state index in [1.54, 1.807) is 45.2 Å². The van der Waals surface area contributed by atoms with Crippen LogP contribution in [0.15, 0.2) is 35.5 Å². The number of halogens is 1. The van der Waals surface area contributed by atoms with Gasteiger partial charge in [-0.05, 0) is 45.6 Å². The second-order valence-electron chi connectivity index (χ2n) is 8.36. The van der Waals surface area contributed by atoms with Crippen LogP contribution in [0, 0.1) is 0 Å². The van der Waals surface area contributed by atoms with Gasteiger partial charge in [0.2, 0.25) is 5.91 Å². The van der Waals surface area contributed by atoms with E-state index < -0.39 is 11.6 Å². The minimum atomic E-state index is -1.07. The molecule has 0 spiro atoms. The van der Waals surface area contributed by atoms with Crippen LogP contribution in [0.25, 0.3) is 0 Å². The highest BCUT2D eigenvalue weighted by Crippen LogP contribution is 2.38. The Hall–Kier alpha value is -2.58. The maximum atomic E-state index is 13.5. The van der Waals surface area contributed by atoms with Crippen LogP contribution >= 0.6 is 11.6 Å². The summed E-state index contributed by atoms with van der Waals surface area (Å²) in [5, 5.41) is 6.35. The summed E-state index contributed by atoms with van der Waals surface area (Å²) >= 11 is 5.99. The summed E-state index contributed by atoms with van der Waals surface area (Å²) in [6.45, 7) is 4.82. The fourth-order valence-corrected chi connectivity index (χ4v) is 3.78. The van der Waals surface area contributed by atoms with Crippen LogP contribution in [0.1, 0.15) is 25.5 Å². The SMILES string of the molecule is CN(C)CCNC(=O)C(C)(C)N1CC2=C(C1=O)[C@H](c1ccc(Cl)cc1)NC(=O)N2C. The number of likely N-dealkylation sites (N-methyl/N-ethyl adjacent to an activating group) is 2. The summed E-state index contributed by atoms with van der Waals surface area (Å²) in [5.74, 6) is -0.493. The first-order valence-corrected chi connectivity index (χ1v) is 10.2. The van der Waals surface area contributed by atoms with Crippen LogP contribution in [0.2, 0.25) is 5.02 Å². The molecule has 1 aromatic rings. The van der Waals surface area contributed by atoms with Crippen molar-refractivity contribution in [1.29, 1.82) is 0 Å². The van der Waals surface area contributed by atoms with Crippen molar-refractivity contribution in [2.75, 3.05) is 40.8 Å². The molecule has 30 heavy (non-hydrogen) atoms. The van der Waals surface area contributed by atoms with E-state index in [4.69, 9.17) is 11.6 Å². The molecule has 2 aliphatic heterocycles. The molecule has 2 heterocycles. The lowest BCUT2D eigenvalue weighted by Crippen LogP contribution is -2.56. The lowest BCUT2D eigenvalue weighted by molar-refractivity contribution is -0.141. The number of hydrogen-bond acceptors (Lipinski definition) is 4. The van der Waals surface area contributed by atoms with Gasteiger partial charge in [0.15, 0.2) is 0 Å². The van der Waals surface area contributed by atoms with Crippen LogP contribution < -0.4 is 10.6 Å². The molecule has 4 amide bonds. The topological polar surface area (TPSA) is 85.0 Å². The smallest absolute Gasteiger partial charge is 0.322 e. The van der Waals surface area contributed by atoms with Gasteiger partial charge >= 0.3 is 6.03 Å². The molecule has 2 N–H and O–H groups in total. The minimum absolute atomic E-state index is 0.191. The Bertz CT molecular complexity index is 894. The number of rotatable bonds is 6. The van der Waals surface area contributed by atoms with Crippen LogP contribution in [0.4, 0.5) is 4.79 Å². The number of hydrogen-bond donors (Lipinski definition) is 2. The Balaban J connectivity index is 1.88. The van der Waals surface area contributed by atoms with Crippen LogP contribution in [0.5, 0.6) is 0 Å². The zero-order chi connectivity index (χ0) is 22.2. The van der Waals surface area contributed by atoms with Crippen LogP contribution in [-0.2, 0) is 9.59 Å². The summed E-state index contributed by atoms with van der Waals surface area (Å²) in [6.07, 6.45) is 0. The average molecular weight is 434 g/mol. The number of carbonyl (C=O) groups is 3. The van der Waals surface area contributed by atoms with Crippen LogP contribution in [0.3, 0.4) is 0 Å². The van der Waals surface area contributed by atoms with Gasteiger partial charge < -0.3 is 20.4 Å². The zero-order valence-electron chi connectivity index (χ0n) is 18.0. The van der Waals surface area contributed by atoms with Crippen molar-refractivity contribution in [2.24, 2.45) is 0 Å². The molecular formula is C21H28ClN5O3. The summed E-state index contributed by atoms with van der Waals surface area (Å²) in [6, 6.07) is 6.14. The second-order valence-corrected chi connectivity index (χ2v) is 8.80. The first-order valence-electron chi connectivity index (χ1n) is 9.81. The van der Waals surface area contributed by atoms with E-state index in [-0.39, 0.29) is 24.4 Å². The van der Waals surface area contributed by atoms with E-state index in [0.717, 1.165) is 5.56 Å². The maximum absolute atomic E-state index is 13.5. The summed E-state index contributed by atoms with van der Waals surface area (Å²) in [5.41, 5.74) is 0.776. The van der Waals surface area contributed by atoms with Gasteiger partial charge in [0.1, 0.15) is 5.54 Å². The molecule has 0 aromatic heterocycles. The molecule has 0 saturated carbocycles. The summed E-state index contributed by atoms with van der Waals surface area (Å²) < 4.78 is 0. The van der Waals surface area contributed by atoms with Crippen molar-refractivity contribution in [1.82, 2.24) is 25.3 Å². The van der Waals surface area contributed by atoms with E-state index in [1.165, 1.54) is 9.80 Å². The highest BCUT2D eigenvalue weighted by Gasteiger charge is 2.49. The molecule has 0 fully saturated rings. The molecule has 0 aliphatic carbocycles. The standard InChI is InChI=1S/C21H28ClN5O3/c1-21(2,19(29)23-10-11-25(3)4)27-12-15-16(18(27)28)17(24-20(30)26(15)5)13-6-8-14(22)9-7-13/h6-9,17H,10-12H2,1-5H3,(H,23,29)(H,24,30)/t17-/m0/s1. The van der Waals surface area contributed by atoms with Gasteiger partial charge in [-0.25, -0.2) is 4.79 Å². The Morgan fingerprint density at radius 1 is 1.27 bits per heavy atom. The lowest BCUT2D eigenvalue weighted by Gasteiger charge is -2.34. The fourth-order valence-electron chi connectivity index (χ4n) is 3.66. The Morgan fingerprint density at radius 3 is 2.50 bits per heavy atom. The molecule has 0 radical (unpaired) electrons. The normalized spacial score (nSPS) is 19.4. The van der Waals surface area contributed by atoms with E-state index >= 15 is 0 Å². The van der Waals surface area contributed by atoms with E-state index in [9.17, 15) is 14.4 Å².